The number of sulfonamides is 1. The van der Waals surface area contributed by atoms with Crippen LogP contribution >= 0.6 is 11.3 Å². The third-order valence-corrected chi connectivity index (χ3v) is 7.57. The molecular formula is C19H24N2O3S2. The van der Waals surface area contributed by atoms with E-state index < -0.39 is 10.0 Å². The lowest BCUT2D eigenvalue weighted by atomic mass is 9.86. The van der Waals surface area contributed by atoms with Gasteiger partial charge in [0.25, 0.3) is 10.0 Å². The first-order valence-corrected chi connectivity index (χ1v) is 11.2. The number of benzene rings is 1. The monoisotopic (exact) mass is 392 g/mol. The van der Waals surface area contributed by atoms with Gasteiger partial charge in [-0.25, -0.2) is 8.42 Å². The van der Waals surface area contributed by atoms with Crippen LogP contribution in [-0.2, 0) is 21.2 Å². The topological polar surface area (TPSA) is 75.3 Å². The zero-order chi connectivity index (χ0) is 18.6. The zero-order valence-electron chi connectivity index (χ0n) is 14.8. The van der Waals surface area contributed by atoms with Gasteiger partial charge in [0.1, 0.15) is 4.21 Å². The van der Waals surface area contributed by atoms with E-state index in [2.05, 4.69) is 17.0 Å². The number of rotatable bonds is 6. The van der Waals surface area contributed by atoms with E-state index >= 15 is 0 Å². The lowest BCUT2D eigenvalue weighted by Crippen LogP contribution is -2.41. The number of carbonyl (C=O) groups is 1. The summed E-state index contributed by atoms with van der Waals surface area (Å²) in [6.45, 7) is 2.19. The molecule has 1 aromatic carbocycles. The third-order valence-electron chi connectivity index (χ3n) is 4.79. The van der Waals surface area contributed by atoms with Crippen LogP contribution in [0.25, 0.3) is 0 Å². The van der Waals surface area contributed by atoms with Gasteiger partial charge in [-0.2, -0.15) is 0 Å². The van der Waals surface area contributed by atoms with Crippen molar-refractivity contribution in [3.8, 4) is 0 Å². The Morgan fingerprint density at radius 2 is 1.88 bits per heavy atom. The Labute approximate surface area is 158 Å². The Kier molecular flexibility index (Phi) is 5.98. The van der Waals surface area contributed by atoms with E-state index in [1.807, 2.05) is 0 Å². The van der Waals surface area contributed by atoms with E-state index in [4.69, 9.17) is 0 Å². The molecule has 0 spiro atoms. The number of carbonyl (C=O) groups excluding carboxylic acids is 1. The molecule has 2 aromatic rings. The highest BCUT2D eigenvalue weighted by molar-refractivity contribution is 7.94. The van der Waals surface area contributed by atoms with Gasteiger partial charge in [-0.15, -0.1) is 11.3 Å². The summed E-state index contributed by atoms with van der Waals surface area (Å²) in [6, 6.07) is 10.5. The average molecular weight is 393 g/mol. The van der Waals surface area contributed by atoms with Crippen LogP contribution in [-0.4, -0.2) is 20.4 Å². The van der Waals surface area contributed by atoms with E-state index in [1.165, 1.54) is 30.6 Å². The van der Waals surface area contributed by atoms with E-state index in [0.29, 0.717) is 18.0 Å². The normalized spacial score (nSPS) is 20.5. The zero-order valence-corrected chi connectivity index (χ0v) is 16.4. The van der Waals surface area contributed by atoms with Crippen molar-refractivity contribution in [3.05, 3.63) is 47.3 Å². The minimum absolute atomic E-state index is 0.0238. The van der Waals surface area contributed by atoms with Gasteiger partial charge in [-0.3, -0.25) is 9.52 Å². The second kappa shape index (κ2) is 8.22. The molecule has 1 aromatic heterocycles. The summed E-state index contributed by atoms with van der Waals surface area (Å²) >= 11 is 1.17. The molecule has 0 radical (unpaired) electrons. The Morgan fingerprint density at radius 1 is 1.15 bits per heavy atom. The molecular weight excluding hydrogens is 368 g/mol. The summed E-state index contributed by atoms with van der Waals surface area (Å²) < 4.78 is 27.3. The fourth-order valence-electron chi connectivity index (χ4n) is 3.29. The van der Waals surface area contributed by atoms with Crippen molar-refractivity contribution in [1.82, 2.24) is 5.32 Å². The van der Waals surface area contributed by atoms with Gasteiger partial charge >= 0.3 is 0 Å². The highest BCUT2D eigenvalue weighted by atomic mass is 32.2. The number of hydrogen-bond donors (Lipinski definition) is 2. The molecule has 1 saturated carbocycles. The molecule has 1 aliphatic rings. The first kappa shape index (κ1) is 18.9. The van der Waals surface area contributed by atoms with E-state index in [1.54, 1.807) is 41.8 Å². The molecule has 5 nitrogen and oxygen atoms in total. The van der Waals surface area contributed by atoms with Gasteiger partial charge in [-0.1, -0.05) is 38.0 Å². The Balaban J connectivity index is 1.56. The lowest BCUT2D eigenvalue weighted by Gasteiger charge is -2.29. The fraction of sp³-hybridized carbons (Fsp3) is 0.421. The second-order valence-corrected chi connectivity index (χ2v) is 9.70. The minimum Gasteiger partial charge on any atom is -0.353 e. The molecule has 2 atom stereocenters. The molecule has 140 valence electrons. The quantitative estimate of drug-likeness (QED) is 0.785. The van der Waals surface area contributed by atoms with Crippen LogP contribution in [0.15, 0.2) is 46.0 Å². The molecule has 3 rings (SSSR count). The van der Waals surface area contributed by atoms with Crippen molar-refractivity contribution >= 4 is 33.0 Å². The maximum Gasteiger partial charge on any atom is 0.271 e. The van der Waals surface area contributed by atoms with E-state index in [9.17, 15) is 13.2 Å². The summed E-state index contributed by atoms with van der Waals surface area (Å²) in [5.74, 6) is 0.553. The van der Waals surface area contributed by atoms with Crippen molar-refractivity contribution in [2.45, 2.75) is 49.3 Å². The first-order chi connectivity index (χ1) is 12.4. The van der Waals surface area contributed by atoms with Crippen molar-refractivity contribution in [2.24, 2.45) is 5.92 Å². The molecule has 0 bridgehead atoms. The molecule has 0 saturated heterocycles. The first-order valence-electron chi connectivity index (χ1n) is 8.89. The van der Waals surface area contributed by atoms with Crippen LogP contribution < -0.4 is 10.0 Å². The fourth-order valence-corrected chi connectivity index (χ4v) is 5.34. The number of nitrogens with one attached hydrogen (secondary N) is 2. The Bertz CT molecular complexity index is 830. The van der Waals surface area contributed by atoms with Gasteiger partial charge in [-0.05, 0) is 47.9 Å². The summed E-state index contributed by atoms with van der Waals surface area (Å²) in [7, 11) is -3.54. The molecule has 1 aliphatic carbocycles. The standard InChI is InChI=1S/C19H24N2O3S2/c1-14-5-2-3-6-17(14)20-18(22)13-15-8-10-16(11-9-15)21-26(23,24)19-7-4-12-25-19/h4,7-12,14,17,21H,2-3,5-6,13H2,1H3,(H,20,22)/t14-,17+/m0/s1. The van der Waals surface area contributed by atoms with Crippen LogP contribution in [0.4, 0.5) is 5.69 Å². The van der Waals surface area contributed by atoms with Crippen LogP contribution in [0.1, 0.15) is 38.2 Å². The number of anilines is 1. The van der Waals surface area contributed by atoms with Crippen LogP contribution in [0.3, 0.4) is 0 Å². The lowest BCUT2D eigenvalue weighted by molar-refractivity contribution is -0.121. The Morgan fingerprint density at radius 3 is 2.54 bits per heavy atom. The van der Waals surface area contributed by atoms with Gasteiger partial charge in [0.15, 0.2) is 0 Å². The predicted molar refractivity (Wildman–Crippen MR) is 105 cm³/mol. The number of amides is 1. The van der Waals surface area contributed by atoms with Crippen molar-refractivity contribution in [1.29, 1.82) is 0 Å². The highest BCUT2D eigenvalue weighted by Crippen LogP contribution is 2.24. The van der Waals surface area contributed by atoms with E-state index in [0.717, 1.165) is 12.0 Å². The molecule has 1 fully saturated rings. The van der Waals surface area contributed by atoms with Crippen molar-refractivity contribution < 1.29 is 13.2 Å². The molecule has 26 heavy (non-hydrogen) atoms. The largest absolute Gasteiger partial charge is 0.353 e. The smallest absolute Gasteiger partial charge is 0.271 e. The number of thiophene rings is 1. The molecule has 7 heteroatoms. The average Bonchev–Trinajstić information content (AvgIpc) is 3.14. The van der Waals surface area contributed by atoms with Gasteiger partial charge < -0.3 is 5.32 Å². The molecule has 2 N–H and O–H groups in total. The molecule has 1 heterocycles. The summed E-state index contributed by atoms with van der Waals surface area (Å²) in [5.41, 5.74) is 1.36. The van der Waals surface area contributed by atoms with Gasteiger partial charge in [0.2, 0.25) is 5.91 Å². The minimum atomic E-state index is -3.54. The van der Waals surface area contributed by atoms with Crippen LogP contribution in [0.5, 0.6) is 0 Å². The van der Waals surface area contributed by atoms with Gasteiger partial charge in [0, 0.05) is 11.7 Å². The maximum atomic E-state index is 12.3. The second-order valence-electron chi connectivity index (χ2n) is 6.85. The third kappa shape index (κ3) is 4.86. The summed E-state index contributed by atoms with van der Waals surface area (Å²) in [6.07, 6.45) is 4.95. The Hall–Kier alpha value is -1.86. The summed E-state index contributed by atoms with van der Waals surface area (Å²) in [5, 5.41) is 4.87. The number of hydrogen-bond acceptors (Lipinski definition) is 4. The predicted octanol–water partition coefficient (Wildman–Crippen LogP) is 3.79. The van der Waals surface area contributed by atoms with Crippen molar-refractivity contribution in [2.75, 3.05) is 4.72 Å². The van der Waals surface area contributed by atoms with Gasteiger partial charge in [0.05, 0.1) is 6.42 Å². The van der Waals surface area contributed by atoms with E-state index in [-0.39, 0.29) is 16.2 Å². The maximum absolute atomic E-state index is 12.3. The molecule has 0 unspecified atom stereocenters. The molecule has 1 amide bonds. The highest BCUT2D eigenvalue weighted by Gasteiger charge is 2.22. The molecule has 0 aliphatic heterocycles. The van der Waals surface area contributed by atoms with Crippen LogP contribution in [0, 0.1) is 5.92 Å². The summed E-state index contributed by atoms with van der Waals surface area (Å²) in [4.78, 5) is 12.3. The van der Waals surface area contributed by atoms with Crippen molar-refractivity contribution in [3.63, 3.8) is 0 Å². The van der Waals surface area contributed by atoms with Crippen LogP contribution in [0.2, 0.25) is 0 Å². The SMILES string of the molecule is C[C@H]1CCCC[C@H]1NC(=O)Cc1ccc(NS(=O)(=O)c2cccs2)cc1.